The first-order valence-corrected chi connectivity index (χ1v) is 8.21. The summed E-state index contributed by atoms with van der Waals surface area (Å²) in [7, 11) is 0. The molecule has 2 aromatic rings. The zero-order chi connectivity index (χ0) is 17.3. The van der Waals surface area contributed by atoms with E-state index in [4.69, 9.17) is 9.73 Å². The van der Waals surface area contributed by atoms with Crippen molar-refractivity contribution in [1.82, 2.24) is 4.98 Å². The second kappa shape index (κ2) is 6.56. The van der Waals surface area contributed by atoms with Crippen molar-refractivity contribution in [2.75, 3.05) is 6.61 Å². The molecular weight excluding hydrogens is 300 g/mol. The van der Waals surface area contributed by atoms with Crippen molar-refractivity contribution in [2.24, 2.45) is 10.9 Å². The zero-order valence-corrected chi connectivity index (χ0v) is 14.6. The van der Waals surface area contributed by atoms with Crippen LogP contribution in [0.4, 0.5) is 5.69 Å². The molecule has 0 saturated carbocycles. The number of carbonyl (C=O) groups is 1. The maximum atomic E-state index is 11.8. The SMILES string of the molecule is CC(=Nc1cnccc1-c1c(C)cc(C)cc1C)C1CCOC1=O. The summed E-state index contributed by atoms with van der Waals surface area (Å²) < 4.78 is 5.06. The number of aryl methyl sites for hydroxylation is 3. The van der Waals surface area contributed by atoms with E-state index in [-0.39, 0.29) is 11.9 Å². The second-order valence-electron chi connectivity index (χ2n) is 6.43. The lowest BCUT2D eigenvalue weighted by Crippen LogP contribution is -2.16. The van der Waals surface area contributed by atoms with Crippen molar-refractivity contribution < 1.29 is 9.53 Å². The Balaban J connectivity index is 2.08. The monoisotopic (exact) mass is 322 g/mol. The highest BCUT2D eigenvalue weighted by Crippen LogP contribution is 2.35. The number of cyclic esters (lactones) is 1. The van der Waals surface area contributed by atoms with Gasteiger partial charge in [0, 0.05) is 23.9 Å². The lowest BCUT2D eigenvalue weighted by atomic mass is 9.93. The maximum Gasteiger partial charge on any atom is 0.314 e. The van der Waals surface area contributed by atoms with E-state index in [0.29, 0.717) is 13.0 Å². The van der Waals surface area contributed by atoms with Gasteiger partial charge in [0.1, 0.15) is 0 Å². The summed E-state index contributed by atoms with van der Waals surface area (Å²) in [6.07, 6.45) is 4.25. The highest BCUT2D eigenvalue weighted by Gasteiger charge is 2.29. The Morgan fingerprint density at radius 2 is 1.96 bits per heavy atom. The van der Waals surface area contributed by atoms with Gasteiger partial charge in [0.2, 0.25) is 0 Å². The molecule has 2 heterocycles. The Labute approximate surface area is 142 Å². The third-order valence-electron chi connectivity index (χ3n) is 4.48. The number of hydrogen-bond acceptors (Lipinski definition) is 4. The van der Waals surface area contributed by atoms with E-state index in [1.54, 1.807) is 12.4 Å². The Kier molecular flexibility index (Phi) is 4.47. The Morgan fingerprint density at radius 3 is 2.58 bits per heavy atom. The van der Waals surface area contributed by atoms with Crippen LogP contribution in [0.5, 0.6) is 0 Å². The van der Waals surface area contributed by atoms with E-state index in [9.17, 15) is 4.79 Å². The second-order valence-corrected chi connectivity index (χ2v) is 6.43. The van der Waals surface area contributed by atoms with Crippen LogP contribution in [0.1, 0.15) is 30.0 Å². The number of nitrogens with zero attached hydrogens (tertiary/aromatic N) is 2. The maximum absolute atomic E-state index is 11.8. The normalized spacial score (nSPS) is 17.9. The standard InChI is InChI=1S/C20H22N2O2/c1-12-9-13(2)19(14(3)10-12)17-5-7-21-11-18(17)22-15(4)16-6-8-24-20(16)23/h5,7,9-11,16H,6,8H2,1-4H3. The highest BCUT2D eigenvalue weighted by atomic mass is 16.5. The number of rotatable bonds is 3. The molecule has 1 aromatic heterocycles. The number of aromatic nitrogens is 1. The molecule has 1 saturated heterocycles. The van der Waals surface area contributed by atoms with Crippen molar-refractivity contribution in [2.45, 2.75) is 34.1 Å². The third-order valence-corrected chi connectivity index (χ3v) is 4.48. The molecule has 0 amide bonds. The molecule has 0 bridgehead atoms. The number of ether oxygens (including phenoxy) is 1. The molecule has 1 fully saturated rings. The van der Waals surface area contributed by atoms with E-state index in [1.165, 1.54) is 22.3 Å². The summed E-state index contributed by atoms with van der Waals surface area (Å²) in [4.78, 5) is 20.7. The minimum Gasteiger partial charge on any atom is -0.465 e. The van der Waals surface area contributed by atoms with Crippen molar-refractivity contribution >= 4 is 17.4 Å². The first-order valence-electron chi connectivity index (χ1n) is 8.21. The number of pyridine rings is 1. The predicted molar refractivity (Wildman–Crippen MR) is 95.7 cm³/mol. The predicted octanol–water partition coefficient (Wildman–Crippen LogP) is 4.33. The molecule has 1 aliphatic rings. The molecule has 1 atom stereocenters. The summed E-state index contributed by atoms with van der Waals surface area (Å²) >= 11 is 0. The fraction of sp³-hybridized carbons (Fsp3) is 0.350. The van der Waals surface area contributed by atoms with Crippen molar-refractivity contribution in [3.05, 3.63) is 47.3 Å². The van der Waals surface area contributed by atoms with Gasteiger partial charge >= 0.3 is 5.97 Å². The van der Waals surface area contributed by atoms with Crippen LogP contribution in [0.3, 0.4) is 0 Å². The minimum absolute atomic E-state index is 0.176. The van der Waals surface area contributed by atoms with E-state index >= 15 is 0 Å². The molecule has 0 radical (unpaired) electrons. The molecule has 0 spiro atoms. The molecule has 0 aliphatic carbocycles. The molecule has 4 nitrogen and oxygen atoms in total. The molecule has 0 N–H and O–H groups in total. The average Bonchev–Trinajstić information content (AvgIpc) is 2.94. The van der Waals surface area contributed by atoms with Crippen LogP contribution in [-0.2, 0) is 9.53 Å². The van der Waals surface area contributed by atoms with Crippen LogP contribution < -0.4 is 0 Å². The number of esters is 1. The lowest BCUT2D eigenvalue weighted by molar-refractivity contribution is -0.139. The summed E-state index contributed by atoms with van der Waals surface area (Å²) in [6, 6.07) is 6.35. The fourth-order valence-electron chi connectivity index (χ4n) is 3.43. The van der Waals surface area contributed by atoms with Gasteiger partial charge < -0.3 is 4.74 Å². The molecule has 1 unspecified atom stereocenters. The third kappa shape index (κ3) is 3.09. The van der Waals surface area contributed by atoms with Gasteiger partial charge in [-0.3, -0.25) is 14.8 Å². The molecular formula is C20H22N2O2. The van der Waals surface area contributed by atoms with Crippen LogP contribution >= 0.6 is 0 Å². The van der Waals surface area contributed by atoms with Crippen molar-refractivity contribution in [1.29, 1.82) is 0 Å². The van der Waals surface area contributed by atoms with E-state index in [0.717, 1.165) is 17.0 Å². The number of aliphatic imine (C=N–C) groups is 1. The van der Waals surface area contributed by atoms with Gasteiger partial charge in [-0.15, -0.1) is 0 Å². The van der Waals surface area contributed by atoms with E-state index in [2.05, 4.69) is 37.9 Å². The topological polar surface area (TPSA) is 51.6 Å². The van der Waals surface area contributed by atoms with E-state index in [1.807, 2.05) is 13.0 Å². The molecule has 1 aliphatic heterocycles. The Hall–Kier alpha value is -2.49. The van der Waals surface area contributed by atoms with Crippen LogP contribution in [0.15, 0.2) is 35.6 Å². The van der Waals surface area contributed by atoms with Gasteiger partial charge in [0.15, 0.2) is 0 Å². The number of hydrogen-bond donors (Lipinski definition) is 0. The number of carbonyl (C=O) groups excluding carboxylic acids is 1. The van der Waals surface area contributed by atoms with Crippen molar-refractivity contribution in [3.63, 3.8) is 0 Å². The number of benzene rings is 1. The first-order chi connectivity index (χ1) is 11.5. The highest BCUT2D eigenvalue weighted by molar-refractivity contribution is 6.03. The minimum atomic E-state index is -0.238. The molecule has 3 rings (SSSR count). The van der Waals surface area contributed by atoms with Crippen molar-refractivity contribution in [3.8, 4) is 11.1 Å². The Bertz CT molecular complexity index is 801. The van der Waals surface area contributed by atoms with Gasteiger partial charge in [-0.1, -0.05) is 17.7 Å². The van der Waals surface area contributed by atoms with Crippen LogP contribution in [-0.4, -0.2) is 23.3 Å². The van der Waals surface area contributed by atoms with Crippen LogP contribution in [0.2, 0.25) is 0 Å². The molecule has 1 aromatic carbocycles. The lowest BCUT2D eigenvalue weighted by Gasteiger charge is -2.14. The van der Waals surface area contributed by atoms with Gasteiger partial charge in [-0.25, -0.2) is 0 Å². The summed E-state index contributed by atoms with van der Waals surface area (Å²) in [5.74, 6) is -0.414. The van der Waals surface area contributed by atoms with Gasteiger partial charge in [-0.05, 0) is 50.5 Å². The first kappa shape index (κ1) is 16.4. The smallest absolute Gasteiger partial charge is 0.314 e. The average molecular weight is 322 g/mol. The van der Waals surface area contributed by atoms with Gasteiger partial charge in [-0.2, -0.15) is 0 Å². The summed E-state index contributed by atoms with van der Waals surface area (Å²) in [6.45, 7) is 8.70. The summed E-state index contributed by atoms with van der Waals surface area (Å²) in [5.41, 5.74) is 7.49. The largest absolute Gasteiger partial charge is 0.465 e. The summed E-state index contributed by atoms with van der Waals surface area (Å²) in [5, 5.41) is 0. The zero-order valence-electron chi connectivity index (χ0n) is 14.6. The molecule has 4 heteroatoms. The van der Waals surface area contributed by atoms with Gasteiger partial charge in [0.05, 0.1) is 24.4 Å². The Morgan fingerprint density at radius 1 is 1.25 bits per heavy atom. The van der Waals surface area contributed by atoms with Crippen LogP contribution in [0.25, 0.3) is 11.1 Å². The molecule has 124 valence electrons. The molecule has 24 heavy (non-hydrogen) atoms. The van der Waals surface area contributed by atoms with E-state index < -0.39 is 0 Å². The fourth-order valence-corrected chi connectivity index (χ4v) is 3.43. The quantitative estimate of drug-likeness (QED) is 0.624. The van der Waals surface area contributed by atoms with Gasteiger partial charge in [0.25, 0.3) is 0 Å². The van der Waals surface area contributed by atoms with Crippen LogP contribution in [0, 0.1) is 26.7 Å².